The number of hydrogen-bond acceptors (Lipinski definition) is 7. The van der Waals surface area contributed by atoms with E-state index in [0.29, 0.717) is 60.5 Å². The minimum atomic E-state index is -0.288. The molecule has 1 aromatic carbocycles. The van der Waals surface area contributed by atoms with Crippen molar-refractivity contribution in [2.75, 3.05) is 37.5 Å². The van der Waals surface area contributed by atoms with Gasteiger partial charge in [-0.2, -0.15) is 4.98 Å². The molecule has 2 aliphatic rings. The molecule has 164 valence electrons. The number of carbonyl (C=O) groups is 2. The number of methoxy groups -OCH3 is 1. The van der Waals surface area contributed by atoms with E-state index in [1.54, 1.807) is 30.5 Å². The standard InChI is InChI=1S/C23H24N6O3/c1-4-15-12-24-23(27-21(15)32-3)25-14-29-18-10-11-28(13-19(18)29)22(31)16-6-8-17(9-7-16)26-20(30)5-2/h1,5-9,12,18-19H,2,10-11,13-14H2,3H3,(H,26,30)(H,24,25,27). The van der Waals surface area contributed by atoms with Crippen molar-refractivity contribution < 1.29 is 14.3 Å². The number of aromatic nitrogens is 2. The van der Waals surface area contributed by atoms with E-state index in [1.807, 2.05) is 4.90 Å². The largest absolute Gasteiger partial charge is 0.480 e. The molecule has 0 radical (unpaired) electrons. The highest BCUT2D eigenvalue weighted by Crippen LogP contribution is 2.35. The molecule has 0 saturated carbocycles. The SMILES string of the molecule is C#Cc1cnc(NCN2C3CCN(C(=O)c4ccc(NC(=O)C=C)cc4)CC32)nc1OC. The molecule has 2 aromatic rings. The summed E-state index contributed by atoms with van der Waals surface area (Å²) in [6.07, 6.45) is 9.07. The first-order valence-electron chi connectivity index (χ1n) is 10.2. The van der Waals surface area contributed by atoms with Gasteiger partial charge in [0.1, 0.15) is 5.56 Å². The van der Waals surface area contributed by atoms with Crippen molar-refractivity contribution in [2.24, 2.45) is 0 Å². The average molecular weight is 432 g/mol. The van der Waals surface area contributed by atoms with Gasteiger partial charge in [0.05, 0.1) is 20.0 Å². The average Bonchev–Trinajstić information content (AvgIpc) is 3.54. The Labute approximate surface area is 186 Å². The van der Waals surface area contributed by atoms with Crippen LogP contribution in [-0.4, -0.2) is 70.5 Å². The van der Waals surface area contributed by atoms with Gasteiger partial charge >= 0.3 is 0 Å². The van der Waals surface area contributed by atoms with Crippen LogP contribution in [0.3, 0.4) is 0 Å². The Hall–Kier alpha value is -3.90. The zero-order chi connectivity index (χ0) is 22.7. The predicted octanol–water partition coefficient (Wildman–Crippen LogP) is 1.56. The first kappa shape index (κ1) is 21.3. The summed E-state index contributed by atoms with van der Waals surface area (Å²) in [5, 5.41) is 5.88. The minimum absolute atomic E-state index is 0.0113. The van der Waals surface area contributed by atoms with Gasteiger partial charge < -0.3 is 20.3 Å². The Kier molecular flexibility index (Phi) is 6.05. The molecular formula is C23H24N6O3. The zero-order valence-electron chi connectivity index (χ0n) is 17.7. The molecule has 0 aliphatic carbocycles. The number of rotatable bonds is 7. The molecule has 0 bridgehead atoms. The second-order valence-electron chi connectivity index (χ2n) is 7.56. The first-order valence-corrected chi connectivity index (χ1v) is 10.2. The van der Waals surface area contributed by atoms with E-state index >= 15 is 0 Å². The summed E-state index contributed by atoms with van der Waals surface area (Å²) in [5.41, 5.74) is 1.72. The van der Waals surface area contributed by atoms with Gasteiger partial charge in [-0.1, -0.05) is 12.5 Å². The van der Waals surface area contributed by atoms with Crippen molar-refractivity contribution in [1.29, 1.82) is 0 Å². The number of benzene rings is 1. The van der Waals surface area contributed by atoms with Gasteiger partial charge in [0, 0.05) is 36.4 Å². The third-order valence-corrected chi connectivity index (χ3v) is 5.70. The molecule has 0 spiro atoms. The van der Waals surface area contributed by atoms with Crippen LogP contribution in [0.5, 0.6) is 5.88 Å². The van der Waals surface area contributed by atoms with E-state index in [4.69, 9.17) is 11.2 Å². The molecule has 3 atom stereocenters. The van der Waals surface area contributed by atoms with Crippen LogP contribution in [0.15, 0.2) is 43.1 Å². The molecule has 2 N–H and O–H groups in total. The van der Waals surface area contributed by atoms with Crippen molar-refractivity contribution >= 4 is 23.5 Å². The van der Waals surface area contributed by atoms with Gasteiger partial charge in [-0.05, 0) is 36.8 Å². The third-order valence-electron chi connectivity index (χ3n) is 5.70. The Morgan fingerprint density at radius 1 is 1.34 bits per heavy atom. The highest BCUT2D eigenvalue weighted by molar-refractivity contribution is 5.99. The second-order valence-corrected chi connectivity index (χ2v) is 7.56. The summed E-state index contributed by atoms with van der Waals surface area (Å²) in [7, 11) is 1.52. The van der Waals surface area contributed by atoms with Gasteiger partial charge in [0.2, 0.25) is 17.7 Å². The number of nitrogens with zero attached hydrogens (tertiary/aromatic N) is 4. The monoisotopic (exact) mass is 432 g/mol. The maximum absolute atomic E-state index is 12.9. The highest BCUT2D eigenvalue weighted by Gasteiger charge is 2.51. The van der Waals surface area contributed by atoms with Crippen LogP contribution in [0.2, 0.25) is 0 Å². The van der Waals surface area contributed by atoms with Gasteiger partial charge in [-0.3, -0.25) is 14.5 Å². The van der Waals surface area contributed by atoms with Crippen LogP contribution in [0, 0.1) is 12.3 Å². The molecule has 32 heavy (non-hydrogen) atoms. The molecule has 2 amide bonds. The van der Waals surface area contributed by atoms with Crippen LogP contribution >= 0.6 is 0 Å². The maximum Gasteiger partial charge on any atom is 0.253 e. The number of fused-ring (bicyclic) bond motifs is 1. The number of terminal acetylenes is 1. The van der Waals surface area contributed by atoms with Crippen LogP contribution in [-0.2, 0) is 4.79 Å². The second kappa shape index (κ2) is 9.08. The fraction of sp³-hybridized carbons (Fsp3) is 0.304. The number of likely N-dealkylation sites (tertiary alicyclic amines) is 1. The number of nitrogens with one attached hydrogen (secondary N) is 2. The van der Waals surface area contributed by atoms with Crippen LogP contribution in [0.1, 0.15) is 22.3 Å². The summed E-state index contributed by atoms with van der Waals surface area (Å²) in [6.45, 7) is 5.37. The maximum atomic E-state index is 12.9. The van der Waals surface area contributed by atoms with E-state index < -0.39 is 0 Å². The van der Waals surface area contributed by atoms with Crippen LogP contribution in [0.4, 0.5) is 11.6 Å². The van der Waals surface area contributed by atoms with E-state index in [9.17, 15) is 9.59 Å². The van der Waals surface area contributed by atoms with Crippen molar-refractivity contribution in [2.45, 2.75) is 18.5 Å². The van der Waals surface area contributed by atoms with Gasteiger partial charge in [-0.15, -0.1) is 6.42 Å². The van der Waals surface area contributed by atoms with Crippen molar-refractivity contribution in [1.82, 2.24) is 19.8 Å². The summed E-state index contributed by atoms with van der Waals surface area (Å²) in [4.78, 5) is 37.0. The minimum Gasteiger partial charge on any atom is -0.480 e. The molecule has 3 heterocycles. The molecule has 1 aromatic heterocycles. The normalized spacial score (nSPS) is 21.0. The number of anilines is 2. The van der Waals surface area contributed by atoms with E-state index in [-0.39, 0.29) is 11.8 Å². The summed E-state index contributed by atoms with van der Waals surface area (Å²) < 4.78 is 5.19. The highest BCUT2D eigenvalue weighted by atomic mass is 16.5. The lowest BCUT2D eigenvalue weighted by atomic mass is 10.1. The van der Waals surface area contributed by atoms with Crippen molar-refractivity contribution in [3.05, 3.63) is 54.2 Å². The molecule has 2 saturated heterocycles. The Morgan fingerprint density at radius 2 is 2.12 bits per heavy atom. The molecule has 2 fully saturated rings. The number of hydrogen-bond donors (Lipinski definition) is 2. The fourth-order valence-corrected chi connectivity index (χ4v) is 3.94. The number of piperidine rings is 1. The first-order chi connectivity index (χ1) is 15.5. The summed E-state index contributed by atoms with van der Waals surface area (Å²) in [5.74, 6) is 2.99. The summed E-state index contributed by atoms with van der Waals surface area (Å²) >= 11 is 0. The number of ether oxygens (including phenoxy) is 1. The molecule has 9 nitrogen and oxygen atoms in total. The van der Waals surface area contributed by atoms with E-state index in [0.717, 1.165) is 6.42 Å². The van der Waals surface area contributed by atoms with Crippen LogP contribution < -0.4 is 15.4 Å². The third kappa shape index (κ3) is 4.40. The van der Waals surface area contributed by atoms with Crippen molar-refractivity contribution in [3.8, 4) is 18.2 Å². The van der Waals surface area contributed by atoms with Gasteiger partial charge in [-0.25, -0.2) is 4.98 Å². The molecule has 9 heteroatoms. The molecule has 3 unspecified atom stereocenters. The van der Waals surface area contributed by atoms with Crippen molar-refractivity contribution in [3.63, 3.8) is 0 Å². The Bertz CT molecular complexity index is 1080. The van der Waals surface area contributed by atoms with Gasteiger partial charge in [0.25, 0.3) is 5.91 Å². The Balaban J connectivity index is 1.31. The smallest absolute Gasteiger partial charge is 0.253 e. The lowest BCUT2D eigenvalue weighted by Gasteiger charge is -2.25. The molecule has 2 aliphatic heterocycles. The topological polar surface area (TPSA) is 99.5 Å². The lowest BCUT2D eigenvalue weighted by Crippen LogP contribution is -2.39. The molecule has 4 rings (SSSR count). The Morgan fingerprint density at radius 3 is 2.81 bits per heavy atom. The lowest BCUT2D eigenvalue weighted by molar-refractivity contribution is -0.111. The predicted molar refractivity (Wildman–Crippen MR) is 120 cm³/mol. The van der Waals surface area contributed by atoms with E-state index in [1.165, 1.54) is 13.2 Å². The number of amides is 2. The fourth-order valence-electron chi connectivity index (χ4n) is 3.94. The van der Waals surface area contributed by atoms with Crippen LogP contribution in [0.25, 0.3) is 0 Å². The summed E-state index contributed by atoms with van der Waals surface area (Å²) in [6, 6.07) is 7.63. The number of carbonyl (C=O) groups excluding carboxylic acids is 2. The van der Waals surface area contributed by atoms with Gasteiger partial charge in [0.15, 0.2) is 0 Å². The van der Waals surface area contributed by atoms with E-state index in [2.05, 4.69) is 38.0 Å². The quantitative estimate of drug-likeness (QED) is 0.389. The zero-order valence-corrected chi connectivity index (χ0v) is 17.7. The molecular weight excluding hydrogens is 408 g/mol.